The number of ether oxygens (including phenoxy) is 1. The Kier molecular flexibility index (Phi) is 6.79. The van der Waals surface area contributed by atoms with E-state index in [-0.39, 0.29) is 17.9 Å². The highest BCUT2D eigenvalue weighted by atomic mass is 16.5. The van der Waals surface area contributed by atoms with Crippen molar-refractivity contribution in [2.45, 2.75) is 57.7 Å². The summed E-state index contributed by atoms with van der Waals surface area (Å²) in [6, 6.07) is 11.8. The Morgan fingerprint density at radius 1 is 1.11 bits per heavy atom. The van der Waals surface area contributed by atoms with Gasteiger partial charge in [0.25, 0.3) is 5.91 Å². The number of amides is 2. The number of nitrogens with zero attached hydrogens (tertiary/aromatic N) is 4. The molecule has 0 saturated heterocycles. The normalized spacial score (nSPS) is 15.6. The molecule has 3 aromatic rings. The third kappa shape index (κ3) is 5.21. The van der Waals surface area contributed by atoms with Gasteiger partial charge in [0, 0.05) is 49.2 Å². The van der Waals surface area contributed by atoms with E-state index in [1.165, 1.54) is 0 Å². The number of hydrogen-bond acceptors (Lipinski definition) is 5. The van der Waals surface area contributed by atoms with Crippen LogP contribution in [-0.4, -0.2) is 51.2 Å². The Balaban J connectivity index is 1.39. The van der Waals surface area contributed by atoms with Crippen molar-refractivity contribution in [3.05, 3.63) is 76.9 Å². The summed E-state index contributed by atoms with van der Waals surface area (Å²) in [4.78, 5) is 32.3. The summed E-state index contributed by atoms with van der Waals surface area (Å²) >= 11 is 0. The average Bonchev–Trinajstić information content (AvgIpc) is 3.53. The predicted molar refractivity (Wildman–Crippen MR) is 131 cm³/mol. The number of rotatable bonds is 7. The number of fused-ring (bicyclic) bond motifs is 1. The van der Waals surface area contributed by atoms with Crippen molar-refractivity contribution in [1.29, 1.82) is 0 Å². The summed E-state index contributed by atoms with van der Waals surface area (Å²) in [6.07, 6.45) is 8.69. The van der Waals surface area contributed by atoms with E-state index in [0.717, 1.165) is 53.8 Å². The smallest absolute Gasteiger partial charge is 0.272 e. The number of carbonyl (C=O) groups excluding carboxylic acids is 2. The van der Waals surface area contributed by atoms with E-state index in [1.807, 2.05) is 46.0 Å². The van der Waals surface area contributed by atoms with Crippen LogP contribution in [0.4, 0.5) is 0 Å². The maximum atomic E-state index is 13.3. The minimum Gasteiger partial charge on any atom is -0.497 e. The van der Waals surface area contributed by atoms with E-state index in [9.17, 15) is 9.59 Å². The van der Waals surface area contributed by atoms with Gasteiger partial charge < -0.3 is 15.0 Å². The maximum absolute atomic E-state index is 13.3. The molecule has 1 aliphatic heterocycles. The van der Waals surface area contributed by atoms with Gasteiger partial charge in [0.15, 0.2) is 5.69 Å². The van der Waals surface area contributed by atoms with Crippen LogP contribution < -0.4 is 10.1 Å². The fourth-order valence-corrected chi connectivity index (χ4v) is 5.03. The number of carbonyl (C=O) groups is 2. The molecule has 0 spiro atoms. The molecule has 2 amide bonds. The SMILES string of the molecule is COc1ccc(Cn2nc(C(=O)NC3CCCC3)c3c2CCN(C(=O)Cc2cccnc2)C3)cc1. The van der Waals surface area contributed by atoms with Gasteiger partial charge in [-0.2, -0.15) is 5.10 Å². The summed E-state index contributed by atoms with van der Waals surface area (Å²) in [5.41, 5.74) is 4.30. The third-order valence-electron chi connectivity index (χ3n) is 6.96. The van der Waals surface area contributed by atoms with E-state index in [0.29, 0.717) is 38.2 Å². The molecule has 1 N–H and O–H groups in total. The Bertz CT molecular complexity index is 1180. The van der Waals surface area contributed by atoms with Crippen LogP contribution in [0.3, 0.4) is 0 Å². The van der Waals surface area contributed by atoms with Crippen LogP contribution in [-0.2, 0) is 30.7 Å². The van der Waals surface area contributed by atoms with E-state index >= 15 is 0 Å². The molecule has 1 aromatic carbocycles. The largest absolute Gasteiger partial charge is 0.497 e. The zero-order valence-corrected chi connectivity index (χ0v) is 20.1. The Morgan fingerprint density at radius 2 is 1.91 bits per heavy atom. The molecule has 0 bridgehead atoms. The number of pyridine rings is 1. The highest BCUT2D eigenvalue weighted by Gasteiger charge is 2.31. The molecule has 8 nitrogen and oxygen atoms in total. The number of hydrogen-bond donors (Lipinski definition) is 1. The minimum atomic E-state index is -0.136. The van der Waals surface area contributed by atoms with Crippen molar-refractivity contribution in [2.24, 2.45) is 0 Å². The van der Waals surface area contributed by atoms with Crippen molar-refractivity contribution in [3.63, 3.8) is 0 Å². The third-order valence-corrected chi connectivity index (χ3v) is 6.96. The molecule has 1 aliphatic carbocycles. The van der Waals surface area contributed by atoms with Gasteiger partial charge in [-0.1, -0.05) is 31.0 Å². The van der Waals surface area contributed by atoms with Crippen LogP contribution in [0.1, 0.15) is 58.6 Å². The lowest BCUT2D eigenvalue weighted by Crippen LogP contribution is -2.38. The molecule has 182 valence electrons. The molecule has 2 aliphatic rings. The summed E-state index contributed by atoms with van der Waals surface area (Å²) in [6.45, 7) is 1.56. The number of benzene rings is 1. The van der Waals surface area contributed by atoms with Crippen molar-refractivity contribution in [1.82, 2.24) is 25.0 Å². The molecular weight excluding hydrogens is 442 g/mol. The van der Waals surface area contributed by atoms with Crippen molar-refractivity contribution in [2.75, 3.05) is 13.7 Å². The topological polar surface area (TPSA) is 89.4 Å². The lowest BCUT2D eigenvalue weighted by Gasteiger charge is -2.28. The highest BCUT2D eigenvalue weighted by Crippen LogP contribution is 2.26. The summed E-state index contributed by atoms with van der Waals surface area (Å²) in [7, 11) is 1.65. The minimum absolute atomic E-state index is 0.0358. The molecular formula is C27H31N5O3. The second-order valence-electron chi connectivity index (χ2n) is 9.34. The number of nitrogens with one attached hydrogen (secondary N) is 1. The molecule has 5 rings (SSSR count). The predicted octanol–water partition coefficient (Wildman–Crippen LogP) is 3.13. The molecule has 0 unspecified atom stereocenters. The van der Waals surface area contributed by atoms with Crippen LogP contribution >= 0.6 is 0 Å². The van der Waals surface area contributed by atoms with Crippen molar-refractivity contribution < 1.29 is 14.3 Å². The van der Waals surface area contributed by atoms with Crippen LogP contribution in [0, 0.1) is 0 Å². The molecule has 8 heteroatoms. The van der Waals surface area contributed by atoms with Crippen LogP contribution in [0.5, 0.6) is 5.75 Å². The Hall–Kier alpha value is -3.68. The second kappa shape index (κ2) is 10.3. The van der Waals surface area contributed by atoms with E-state index in [1.54, 1.807) is 19.5 Å². The fraction of sp³-hybridized carbons (Fsp3) is 0.407. The fourth-order valence-electron chi connectivity index (χ4n) is 5.03. The first kappa shape index (κ1) is 23.1. The van der Waals surface area contributed by atoms with Gasteiger partial charge in [0.1, 0.15) is 5.75 Å². The van der Waals surface area contributed by atoms with E-state index in [4.69, 9.17) is 9.84 Å². The molecule has 2 aromatic heterocycles. The zero-order chi connectivity index (χ0) is 24.2. The van der Waals surface area contributed by atoms with Gasteiger partial charge in [-0.25, -0.2) is 0 Å². The lowest BCUT2D eigenvalue weighted by molar-refractivity contribution is -0.131. The monoisotopic (exact) mass is 473 g/mol. The quantitative estimate of drug-likeness (QED) is 0.570. The van der Waals surface area contributed by atoms with Crippen molar-refractivity contribution >= 4 is 11.8 Å². The van der Waals surface area contributed by atoms with Gasteiger partial charge in [-0.3, -0.25) is 19.3 Å². The second-order valence-corrected chi connectivity index (χ2v) is 9.34. The van der Waals surface area contributed by atoms with Gasteiger partial charge in [-0.15, -0.1) is 0 Å². The molecule has 0 atom stereocenters. The summed E-state index contributed by atoms with van der Waals surface area (Å²) in [5.74, 6) is 0.701. The van der Waals surface area contributed by atoms with Gasteiger partial charge in [0.05, 0.1) is 20.1 Å². The highest BCUT2D eigenvalue weighted by molar-refractivity contribution is 5.94. The van der Waals surface area contributed by atoms with E-state index < -0.39 is 0 Å². The van der Waals surface area contributed by atoms with Crippen LogP contribution in [0.2, 0.25) is 0 Å². The van der Waals surface area contributed by atoms with Gasteiger partial charge >= 0.3 is 0 Å². The average molecular weight is 474 g/mol. The Morgan fingerprint density at radius 3 is 2.63 bits per heavy atom. The first-order chi connectivity index (χ1) is 17.1. The molecule has 1 fully saturated rings. The van der Waals surface area contributed by atoms with E-state index in [2.05, 4.69) is 10.3 Å². The summed E-state index contributed by atoms with van der Waals surface area (Å²) < 4.78 is 7.20. The molecule has 3 heterocycles. The maximum Gasteiger partial charge on any atom is 0.272 e. The summed E-state index contributed by atoms with van der Waals surface area (Å²) in [5, 5.41) is 7.95. The van der Waals surface area contributed by atoms with Crippen molar-refractivity contribution in [3.8, 4) is 5.75 Å². The number of aromatic nitrogens is 3. The molecule has 1 saturated carbocycles. The lowest BCUT2D eigenvalue weighted by atomic mass is 10.0. The molecule has 0 radical (unpaired) electrons. The van der Waals surface area contributed by atoms with Crippen LogP contribution in [0.15, 0.2) is 48.8 Å². The first-order valence-corrected chi connectivity index (χ1v) is 12.3. The standard InChI is InChI=1S/C27H31N5O3/c1-35-22-10-8-19(9-11-22)17-32-24-12-14-31(25(33)15-20-5-4-13-28-16-20)18-23(24)26(30-32)27(34)29-21-6-2-3-7-21/h4-5,8-11,13,16,21H,2-3,6-7,12,14-15,17-18H2,1H3,(H,29,34). The van der Waals surface area contributed by atoms with Crippen LogP contribution in [0.25, 0.3) is 0 Å². The zero-order valence-electron chi connectivity index (χ0n) is 20.1. The number of methoxy groups -OCH3 is 1. The Labute approximate surface area is 205 Å². The van der Waals surface area contributed by atoms with Gasteiger partial charge in [0.2, 0.25) is 5.91 Å². The molecule has 35 heavy (non-hydrogen) atoms. The van der Waals surface area contributed by atoms with Gasteiger partial charge in [-0.05, 0) is 42.2 Å². The first-order valence-electron chi connectivity index (χ1n) is 12.3.